The molecule has 9 bridgehead atoms. The molecule has 1 unspecified atom stereocenters. The summed E-state index contributed by atoms with van der Waals surface area (Å²) in [6, 6.07) is 18.7. The monoisotopic (exact) mass is 636 g/mol. The normalized spacial score (nSPS) is 21.2. The van der Waals surface area contributed by atoms with Crippen molar-refractivity contribution in [2.24, 2.45) is 0 Å². The third-order valence-electron chi connectivity index (χ3n) is 7.97. The van der Waals surface area contributed by atoms with E-state index in [0.717, 1.165) is 40.1 Å². The van der Waals surface area contributed by atoms with Gasteiger partial charge in [-0.2, -0.15) is 0 Å². The lowest BCUT2D eigenvalue weighted by molar-refractivity contribution is 0.0273. The van der Waals surface area contributed by atoms with Gasteiger partial charge in [-0.05, 0) is 80.4 Å². The molecule has 3 aromatic carbocycles. The minimum absolute atomic E-state index is 0.222. The standard InChI is InChI=1S/C38H40N2O7/c1-26-7-6-12-38(3)24-34-27(2)20-30(23-35(34)47-38)39-36(41)28-8-4-10-32(21-28)44-17-15-42-13-14-43-16-18-45-33-11-5-9-29(22-33)37-40-31(19-26)25-46-37/h4-11,19-23,25H,12-18,24H2,1-3H3,(H,39,41)/b7-6-,26-19-. The summed E-state index contributed by atoms with van der Waals surface area (Å²) in [4.78, 5) is 17.8. The van der Waals surface area contributed by atoms with Crippen molar-refractivity contribution in [2.75, 3.05) is 45.0 Å². The summed E-state index contributed by atoms with van der Waals surface area (Å²) >= 11 is 0. The predicted molar refractivity (Wildman–Crippen MR) is 180 cm³/mol. The van der Waals surface area contributed by atoms with Crippen LogP contribution < -0.4 is 19.5 Å². The Kier molecular flexibility index (Phi) is 10.0. The number of aromatic nitrogens is 1. The van der Waals surface area contributed by atoms with Gasteiger partial charge in [0.15, 0.2) is 0 Å². The maximum absolute atomic E-state index is 13.2. The minimum Gasteiger partial charge on any atom is -0.491 e. The fourth-order valence-corrected chi connectivity index (χ4v) is 5.63. The number of benzene rings is 3. The van der Waals surface area contributed by atoms with Gasteiger partial charge in [-0.1, -0.05) is 24.3 Å². The van der Waals surface area contributed by atoms with Gasteiger partial charge in [0.1, 0.15) is 48.0 Å². The third kappa shape index (κ3) is 8.49. The van der Waals surface area contributed by atoms with Crippen LogP contribution in [0, 0.1) is 6.92 Å². The number of carbonyl (C=O) groups excluding carboxylic acids is 1. The number of oxazole rings is 1. The van der Waals surface area contributed by atoms with E-state index >= 15 is 0 Å². The predicted octanol–water partition coefficient (Wildman–Crippen LogP) is 7.45. The maximum atomic E-state index is 13.2. The molecule has 0 fully saturated rings. The van der Waals surface area contributed by atoms with Gasteiger partial charge in [0.2, 0.25) is 5.89 Å². The number of hydrogen-bond acceptors (Lipinski definition) is 8. The van der Waals surface area contributed by atoms with E-state index in [2.05, 4.69) is 36.3 Å². The zero-order chi connectivity index (χ0) is 32.6. The number of amides is 1. The maximum Gasteiger partial charge on any atom is 0.255 e. The molecule has 9 nitrogen and oxygen atoms in total. The average Bonchev–Trinajstić information content (AvgIpc) is 3.66. The lowest BCUT2D eigenvalue weighted by atomic mass is 9.93. The smallest absolute Gasteiger partial charge is 0.255 e. The highest BCUT2D eigenvalue weighted by Gasteiger charge is 2.35. The lowest BCUT2D eigenvalue weighted by Crippen LogP contribution is -2.29. The first-order valence-electron chi connectivity index (χ1n) is 15.9. The van der Waals surface area contributed by atoms with Gasteiger partial charge < -0.3 is 33.4 Å². The number of fused-ring (bicyclic) bond motifs is 9. The summed E-state index contributed by atoms with van der Waals surface area (Å²) in [5.74, 6) is 2.40. The van der Waals surface area contributed by atoms with E-state index in [1.54, 1.807) is 24.5 Å². The van der Waals surface area contributed by atoms with Crippen LogP contribution >= 0.6 is 0 Å². The quantitative estimate of drug-likeness (QED) is 0.212. The van der Waals surface area contributed by atoms with Gasteiger partial charge in [-0.3, -0.25) is 4.79 Å². The highest BCUT2D eigenvalue weighted by atomic mass is 16.6. The summed E-state index contributed by atoms with van der Waals surface area (Å²) in [6.45, 7) is 8.64. The molecule has 0 saturated carbocycles. The molecule has 2 aliphatic heterocycles. The molecule has 0 radical (unpaired) electrons. The Labute approximate surface area is 275 Å². The number of nitrogens with one attached hydrogen (secondary N) is 1. The van der Waals surface area contributed by atoms with Gasteiger partial charge in [0.05, 0.1) is 26.4 Å². The van der Waals surface area contributed by atoms with E-state index < -0.39 is 5.60 Å². The Balaban J connectivity index is 1.18. The highest BCUT2D eigenvalue weighted by molar-refractivity contribution is 6.04. The second-order valence-electron chi connectivity index (χ2n) is 12.0. The molecule has 1 aromatic heterocycles. The second kappa shape index (κ2) is 14.7. The first kappa shape index (κ1) is 32.1. The number of rotatable bonds is 0. The molecule has 0 saturated heterocycles. The number of hydrogen-bond donors (Lipinski definition) is 1. The van der Waals surface area contributed by atoms with Gasteiger partial charge in [-0.25, -0.2) is 4.98 Å². The number of aryl methyl sites for hydroxylation is 1. The van der Waals surface area contributed by atoms with E-state index in [1.807, 2.05) is 55.5 Å². The minimum atomic E-state index is -0.401. The molecule has 1 amide bonds. The van der Waals surface area contributed by atoms with E-state index in [-0.39, 0.29) is 5.91 Å². The Bertz CT molecular complexity index is 1780. The van der Waals surface area contributed by atoms with Crippen molar-refractivity contribution in [3.8, 4) is 28.7 Å². The van der Waals surface area contributed by atoms with Crippen LogP contribution in [0.2, 0.25) is 0 Å². The number of allylic oxidation sites excluding steroid dienone is 2. The van der Waals surface area contributed by atoms with Crippen molar-refractivity contribution in [3.05, 3.63) is 107 Å². The van der Waals surface area contributed by atoms with Crippen LogP contribution in [0.15, 0.2) is 89.1 Å². The van der Waals surface area contributed by atoms with E-state index in [4.69, 9.17) is 28.1 Å². The Morgan fingerprint density at radius 2 is 1.51 bits per heavy atom. The van der Waals surface area contributed by atoms with E-state index in [0.29, 0.717) is 74.7 Å². The van der Waals surface area contributed by atoms with Crippen molar-refractivity contribution in [1.29, 1.82) is 0 Å². The highest BCUT2D eigenvalue weighted by Crippen LogP contribution is 2.41. The molecular weight excluding hydrogens is 596 g/mol. The Hall–Kier alpha value is -4.86. The molecule has 244 valence electrons. The molecule has 0 spiro atoms. The molecular formula is C38H40N2O7. The molecule has 1 atom stereocenters. The molecule has 0 aliphatic carbocycles. The van der Waals surface area contributed by atoms with Crippen LogP contribution in [-0.4, -0.2) is 56.1 Å². The Morgan fingerprint density at radius 1 is 0.830 bits per heavy atom. The van der Waals surface area contributed by atoms with Crippen LogP contribution in [0.4, 0.5) is 5.69 Å². The number of nitrogens with zero attached hydrogens (tertiary/aromatic N) is 1. The first-order chi connectivity index (χ1) is 22.8. The zero-order valence-electron chi connectivity index (χ0n) is 27.0. The van der Waals surface area contributed by atoms with Crippen molar-refractivity contribution in [2.45, 2.75) is 39.2 Å². The zero-order valence-corrected chi connectivity index (χ0v) is 27.0. The van der Waals surface area contributed by atoms with Crippen molar-refractivity contribution >= 4 is 17.7 Å². The summed E-state index contributed by atoms with van der Waals surface area (Å²) in [5, 5.41) is 3.02. The van der Waals surface area contributed by atoms with E-state index in [9.17, 15) is 4.79 Å². The van der Waals surface area contributed by atoms with Gasteiger partial charge in [0, 0.05) is 41.3 Å². The fraction of sp³-hybridized carbons (Fsp3) is 0.316. The summed E-state index contributed by atoms with van der Waals surface area (Å²) in [5.41, 5.74) is 5.63. The Morgan fingerprint density at radius 3 is 2.26 bits per heavy atom. The van der Waals surface area contributed by atoms with Gasteiger partial charge in [-0.15, -0.1) is 0 Å². The molecule has 47 heavy (non-hydrogen) atoms. The molecule has 9 heteroatoms. The fourth-order valence-electron chi connectivity index (χ4n) is 5.63. The van der Waals surface area contributed by atoms with Gasteiger partial charge >= 0.3 is 0 Å². The molecule has 1 N–H and O–H groups in total. The second-order valence-corrected chi connectivity index (χ2v) is 12.0. The third-order valence-corrected chi connectivity index (χ3v) is 7.97. The number of anilines is 1. The molecule has 2 aliphatic rings. The lowest BCUT2D eigenvalue weighted by Gasteiger charge is -2.22. The van der Waals surface area contributed by atoms with E-state index in [1.165, 1.54) is 0 Å². The first-order valence-corrected chi connectivity index (χ1v) is 15.9. The number of carbonyl (C=O) groups is 1. The van der Waals surface area contributed by atoms with Crippen molar-refractivity contribution < 1.29 is 32.9 Å². The van der Waals surface area contributed by atoms with Crippen molar-refractivity contribution in [3.63, 3.8) is 0 Å². The van der Waals surface area contributed by atoms with Crippen LogP contribution in [0.1, 0.15) is 47.4 Å². The SMILES string of the molecule is CC1=C/c2coc(n2)-c2cccc(c2)OCCOCCOCCOc2cccc(c2)C(=O)Nc2cc(C)c3c(c2)OC(C)(C/C=C\1)C3. The van der Waals surface area contributed by atoms with Crippen LogP contribution in [0.25, 0.3) is 17.5 Å². The summed E-state index contributed by atoms with van der Waals surface area (Å²) in [6.07, 6.45) is 9.34. The van der Waals surface area contributed by atoms with Gasteiger partial charge in [0.25, 0.3) is 5.91 Å². The largest absolute Gasteiger partial charge is 0.491 e. The van der Waals surface area contributed by atoms with Crippen LogP contribution in [-0.2, 0) is 15.9 Å². The number of ether oxygens (including phenoxy) is 5. The summed E-state index contributed by atoms with van der Waals surface area (Å²) < 4.78 is 35.2. The molecule has 3 heterocycles. The van der Waals surface area contributed by atoms with Crippen LogP contribution in [0.5, 0.6) is 17.2 Å². The molecule has 4 aromatic rings. The molecule has 6 rings (SSSR count). The average molecular weight is 637 g/mol. The topological polar surface area (TPSA) is 101 Å². The summed E-state index contributed by atoms with van der Waals surface area (Å²) in [7, 11) is 0. The van der Waals surface area contributed by atoms with Crippen molar-refractivity contribution in [1.82, 2.24) is 4.98 Å². The van der Waals surface area contributed by atoms with Crippen LogP contribution in [0.3, 0.4) is 0 Å².